The first-order valence-corrected chi connectivity index (χ1v) is 6.09. The van der Waals surface area contributed by atoms with E-state index in [2.05, 4.69) is 19.2 Å². The molecule has 0 amide bonds. The fourth-order valence-corrected chi connectivity index (χ4v) is 1.66. The van der Waals surface area contributed by atoms with Gasteiger partial charge in [-0.2, -0.15) is 5.26 Å². The molecule has 0 saturated carbocycles. The highest BCUT2D eigenvalue weighted by atomic mass is 19.1. The van der Waals surface area contributed by atoms with Crippen LogP contribution in [0.1, 0.15) is 44.2 Å². The number of nitrogens with one attached hydrogen (secondary N) is 1. The summed E-state index contributed by atoms with van der Waals surface area (Å²) in [5.41, 5.74) is 0.984. The molecule has 0 bridgehead atoms. The van der Waals surface area contributed by atoms with Gasteiger partial charge in [-0.05, 0) is 25.5 Å². The molecule has 1 N–H and O–H groups in total. The zero-order chi connectivity index (χ0) is 12.7. The van der Waals surface area contributed by atoms with Gasteiger partial charge in [0, 0.05) is 18.2 Å². The van der Waals surface area contributed by atoms with Crippen LogP contribution < -0.4 is 5.32 Å². The lowest BCUT2D eigenvalue weighted by molar-refractivity contribution is 0.485. The maximum atomic E-state index is 13.5. The lowest BCUT2D eigenvalue weighted by Crippen LogP contribution is -2.25. The van der Waals surface area contributed by atoms with Crippen LogP contribution in [-0.4, -0.2) is 6.04 Å². The van der Waals surface area contributed by atoms with Gasteiger partial charge in [-0.3, -0.25) is 0 Å². The Morgan fingerprint density at radius 3 is 2.82 bits per heavy atom. The number of hydrogen-bond acceptors (Lipinski definition) is 2. The van der Waals surface area contributed by atoms with Crippen molar-refractivity contribution in [3.63, 3.8) is 0 Å². The quantitative estimate of drug-likeness (QED) is 0.819. The molecule has 1 aromatic rings. The molecule has 0 aromatic heterocycles. The molecule has 1 unspecified atom stereocenters. The summed E-state index contributed by atoms with van der Waals surface area (Å²) in [6.45, 7) is 4.78. The number of rotatable bonds is 6. The van der Waals surface area contributed by atoms with Crippen LogP contribution in [-0.2, 0) is 6.54 Å². The molecule has 17 heavy (non-hydrogen) atoms. The van der Waals surface area contributed by atoms with Gasteiger partial charge in [0.15, 0.2) is 0 Å². The normalized spacial score (nSPS) is 12.1. The molecule has 0 spiro atoms. The number of nitriles is 1. The van der Waals surface area contributed by atoms with E-state index in [0.29, 0.717) is 23.7 Å². The Hall–Kier alpha value is -1.40. The average molecular weight is 234 g/mol. The van der Waals surface area contributed by atoms with Crippen LogP contribution >= 0.6 is 0 Å². The van der Waals surface area contributed by atoms with Crippen LogP contribution in [0.4, 0.5) is 4.39 Å². The van der Waals surface area contributed by atoms with E-state index in [4.69, 9.17) is 5.26 Å². The fraction of sp³-hybridized carbons (Fsp3) is 0.500. The Kier molecular flexibility index (Phi) is 5.65. The maximum absolute atomic E-state index is 13.5. The number of benzene rings is 1. The monoisotopic (exact) mass is 234 g/mol. The van der Waals surface area contributed by atoms with Gasteiger partial charge in [0.1, 0.15) is 5.82 Å². The van der Waals surface area contributed by atoms with Gasteiger partial charge in [-0.15, -0.1) is 0 Å². The van der Waals surface area contributed by atoms with Gasteiger partial charge < -0.3 is 5.32 Å². The van der Waals surface area contributed by atoms with E-state index in [1.54, 1.807) is 12.1 Å². The summed E-state index contributed by atoms with van der Waals surface area (Å²) in [5, 5.41) is 11.9. The van der Waals surface area contributed by atoms with Gasteiger partial charge in [-0.1, -0.05) is 25.8 Å². The molecular weight excluding hydrogens is 215 g/mol. The molecule has 0 saturated heterocycles. The van der Waals surface area contributed by atoms with Crippen molar-refractivity contribution in [3.05, 3.63) is 35.1 Å². The standard InChI is InChI=1S/C14H19FN2/c1-3-4-5-11(2)17-10-13-7-6-12(9-16)8-14(13)15/h6-8,11,17H,3-5,10H2,1-2H3. The predicted octanol–water partition coefficient (Wildman–Crippen LogP) is 3.37. The Labute approximate surface area is 102 Å². The summed E-state index contributed by atoms with van der Waals surface area (Å²) in [4.78, 5) is 0. The molecule has 1 rings (SSSR count). The summed E-state index contributed by atoms with van der Waals surface area (Å²) in [7, 11) is 0. The largest absolute Gasteiger partial charge is 0.310 e. The third-order valence-corrected chi connectivity index (χ3v) is 2.81. The summed E-state index contributed by atoms with van der Waals surface area (Å²) in [6.07, 6.45) is 3.47. The Bertz CT molecular complexity index is 396. The fourth-order valence-electron chi connectivity index (χ4n) is 1.66. The van der Waals surface area contributed by atoms with Gasteiger partial charge in [0.05, 0.1) is 11.6 Å². The molecule has 0 aliphatic carbocycles. The van der Waals surface area contributed by atoms with Crippen LogP contribution in [0.3, 0.4) is 0 Å². The second-order valence-corrected chi connectivity index (χ2v) is 4.34. The lowest BCUT2D eigenvalue weighted by Gasteiger charge is -2.13. The predicted molar refractivity (Wildman–Crippen MR) is 66.9 cm³/mol. The average Bonchev–Trinajstić information content (AvgIpc) is 2.34. The third kappa shape index (κ3) is 4.54. The first kappa shape index (κ1) is 13.7. The van der Waals surface area contributed by atoms with Crippen molar-refractivity contribution in [2.75, 3.05) is 0 Å². The minimum absolute atomic E-state index is 0.306. The summed E-state index contributed by atoms with van der Waals surface area (Å²) in [6, 6.07) is 6.93. The number of nitrogens with zero attached hydrogens (tertiary/aromatic N) is 1. The summed E-state index contributed by atoms with van der Waals surface area (Å²) < 4.78 is 13.5. The molecule has 1 aromatic carbocycles. The van der Waals surface area contributed by atoms with Crippen molar-refractivity contribution < 1.29 is 4.39 Å². The second-order valence-electron chi connectivity index (χ2n) is 4.34. The molecule has 3 heteroatoms. The topological polar surface area (TPSA) is 35.8 Å². The first-order chi connectivity index (χ1) is 8.17. The van der Waals surface area contributed by atoms with Crippen molar-refractivity contribution >= 4 is 0 Å². The Balaban J connectivity index is 2.49. The van der Waals surface area contributed by atoms with E-state index in [-0.39, 0.29) is 5.82 Å². The van der Waals surface area contributed by atoms with E-state index in [1.807, 2.05) is 6.07 Å². The molecule has 1 atom stereocenters. The van der Waals surface area contributed by atoms with Crippen LogP contribution in [0, 0.1) is 17.1 Å². The number of unbranched alkanes of at least 4 members (excludes halogenated alkanes) is 1. The molecule has 2 nitrogen and oxygen atoms in total. The molecule has 0 fully saturated rings. The van der Waals surface area contributed by atoms with Crippen LogP contribution in [0.15, 0.2) is 18.2 Å². The van der Waals surface area contributed by atoms with E-state index >= 15 is 0 Å². The van der Waals surface area contributed by atoms with Crippen molar-refractivity contribution in [2.45, 2.75) is 45.7 Å². The zero-order valence-electron chi connectivity index (χ0n) is 10.5. The third-order valence-electron chi connectivity index (χ3n) is 2.81. The van der Waals surface area contributed by atoms with E-state index < -0.39 is 0 Å². The summed E-state index contributed by atoms with van der Waals surface area (Å²) in [5.74, 6) is -0.306. The van der Waals surface area contributed by atoms with Gasteiger partial charge in [0.2, 0.25) is 0 Å². The van der Waals surface area contributed by atoms with Crippen LogP contribution in [0.5, 0.6) is 0 Å². The van der Waals surface area contributed by atoms with E-state index in [9.17, 15) is 4.39 Å². The van der Waals surface area contributed by atoms with Gasteiger partial charge in [-0.25, -0.2) is 4.39 Å². The highest BCUT2D eigenvalue weighted by Crippen LogP contribution is 2.10. The Morgan fingerprint density at radius 1 is 1.47 bits per heavy atom. The van der Waals surface area contributed by atoms with Crippen molar-refractivity contribution in [1.29, 1.82) is 5.26 Å². The second kappa shape index (κ2) is 7.03. The van der Waals surface area contributed by atoms with Crippen LogP contribution in [0.25, 0.3) is 0 Å². The number of hydrogen-bond donors (Lipinski definition) is 1. The molecular formula is C14H19FN2. The smallest absolute Gasteiger partial charge is 0.129 e. The van der Waals surface area contributed by atoms with E-state index in [1.165, 1.54) is 18.9 Å². The Morgan fingerprint density at radius 2 is 2.24 bits per heavy atom. The van der Waals surface area contributed by atoms with Gasteiger partial charge in [0.25, 0.3) is 0 Å². The van der Waals surface area contributed by atoms with Crippen molar-refractivity contribution in [1.82, 2.24) is 5.32 Å². The molecule has 0 radical (unpaired) electrons. The maximum Gasteiger partial charge on any atom is 0.129 e. The first-order valence-electron chi connectivity index (χ1n) is 6.09. The van der Waals surface area contributed by atoms with Crippen molar-refractivity contribution in [2.24, 2.45) is 0 Å². The molecule has 0 aliphatic rings. The molecule has 92 valence electrons. The zero-order valence-corrected chi connectivity index (χ0v) is 10.5. The van der Waals surface area contributed by atoms with Crippen LogP contribution in [0.2, 0.25) is 0 Å². The molecule has 0 heterocycles. The van der Waals surface area contributed by atoms with Crippen molar-refractivity contribution in [3.8, 4) is 6.07 Å². The highest BCUT2D eigenvalue weighted by Gasteiger charge is 2.05. The lowest BCUT2D eigenvalue weighted by atomic mass is 10.1. The highest BCUT2D eigenvalue weighted by molar-refractivity contribution is 5.32. The molecule has 0 aliphatic heterocycles. The van der Waals surface area contributed by atoms with E-state index in [0.717, 1.165) is 6.42 Å². The SMILES string of the molecule is CCCCC(C)NCc1ccc(C#N)cc1F. The van der Waals surface area contributed by atoms with Gasteiger partial charge >= 0.3 is 0 Å². The minimum Gasteiger partial charge on any atom is -0.310 e. The number of halogens is 1. The minimum atomic E-state index is -0.306. The summed E-state index contributed by atoms with van der Waals surface area (Å²) >= 11 is 0.